The number of Topliss-reactive ketones (excluding diaryl/α,β-unsaturated/α-hetero) is 1. The van der Waals surface area contributed by atoms with Gasteiger partial charge >= 0.3 is 29.6 Å². The molecule has 3 rings (SSSR count). The zero-order chi connectivity index (χ0) is 19.6. The standard InChI is InChI=1S/C20H18N2O5.Na/c1-12-17(19(25)20(21)26)18-14(8-5-9-15(18)27-11-16(23)24)22(12)10-13-6-3-2-4-7-13;/h2-9H,10-11H2,1H3,(H2,21,26)(H,23,24);/q;+1/p-1. The number of ketones is 1. The van der Waals surface area contributed by atoms with Gasteiger partial charge in [-0.3, -0.25) is 9.59 Å². The van der Waals surface area contributed by atoms with Crippen LogP contribution in [0.5, 0.6) is 5.75 Å². The van der Waals surface area contributed by atoms with Crippen LogP contribution in [-0.4, -0.2) is 28.8 Å². The molecule has 1 aromatic heterocycles. The third kappa shape index (κ3) is 4.27. The number of ether oxygens (including phenoxy) is 1. The van der Waals surface area contributed by atoms with Crippen LogP contribution in [0, 0.1) is 6.92 Å². The minimum atomic E-state index is -1.39. The van der Waals surface area contributed by atoms with Crippen molar-refractivity contribution in [3.63, 3.8) is 0 Å². The van der Waals surface area contributed by atoms with E-state index in [9.17, 15) is 19.5 Å². The number of nitrogens with zero attached hydrogens (tertiary/aromatic N) is 1. The van der Waals surface area contributed by atoms with E-state index < -0.39 is 24.3 Å². The number of aromatic nitrogens is 1. The Morgan fingerprint density at radius 2 is 1.75 bits per heavy atom. The number of carbonyl (C=O) groups is 3. The fourth-order valence-corrected chi connectivity index (χ4v) is 3.12. The predicted octanol–water partition coefficient (Wildman–Crippen LogP) is -2.20. The Morgan fingerprint density at radius 1 is 1.07 bits per heavy atom. The maximum Gasteiger partial charge on any atom is 1.00 e. The van der Waals surface area contributed by atoms with Crippen molar-refractivity contribution in [2.24, 2.45) is 5.73 Å². The maximum atomic E-state index is 12.5. The summed E-state index contributed by atoms with van der Waals surface area (Å²) in [7, 11) is 0. The van der Waals surface area contributed by atoms with Crippen molar-refractivity contribution in [2.75, 3.05) is 6.61 Å². The summed E-state index contributed by atoms with van der Waals surface area (Å²) in [6.07, 6.45) is 0. The van der Waals surface area contributed by atoms with Crippen LogP contribution in [0.25, 0.3) is 10.9 Å². The summed E-state index contributed by atoms with van der Waals surface area (Å²) >= 11 is 0. The van der Waals surface area contributed by atoms with Gasteiger partial charge in [0.15, 0.2) is 0 Å². The molecule has 1 heterocycles. The molecule has 7 nitrogen and oxygen atoms in total. The van der Waals surface area contributed by atoms with Crippen molar-refractivity contribution in [3.8, 4) is 5.75 Å². The van der Waals surface area contributed by atoms with Crippen LogP contribution < -0.4 is 45.1 Å². The van der Waals surface area contributed by atoms with Crippen molar-refractivity contribution < 1.29 is 53.8 Å². The third-order valence-corrected chi connectivity index (χ3v) is 4.29. The Labute approximate surface area is 183 Å². The number of benzene rings is 2. The number of rotatable bonds is 7. The van der Waals surface area contributed by atoms with Crippen molar-refractivity contribution in [1.82, 2.24) is 4.57 Å². The number of aliphatic carboxylic acids is 1. The summed E-state index contributed by atoms with van der Waals surface area (Å²) < 4.78 is 7.16. The fourth-order valence-electron chi connectivity index (χ4n) is 3.12. The molecule has 0 aliphatic carbocycles. The van der Waals surface area contributed by atoms with Crippen LogP contribution in [0.15, 0.2) is 48.5 Å². The number of carboxylic acids is 1. The molecule has 2 aromatic carbocycles. The normalized spacial score (nSPS) is 10.3. The second-order valence-corrected chi connectivity index (χ2v) is 6.04. The number of fused-ring (bicyclic) bond motifs is 1. The van der Waals surface area contributed by atoms with Gasteiger partial charge in [0.1, 0.15) is 12.4 Å². The Morgan fingerprint density at radius 3 is 2.36 bits per heavy atom. The molecule has 0 radical (unpaired) electrons. The Bertz CT molecular complexity index is 1040. The molecular weight excluding hydrogens is 371 g/mol. The van der Waals surface area contributed by atoms with Gasteiger partial charge in [-0.2, -0.15) is 0 Å². The molecule has 28 heavy (non-hydrogen) atoms. The van der Waals surface area contributed by atoms with Gasteiger partial charge in [0.2, 0.25) is 0 Å². The van der Waals surface area contributed by atoms with Crippen LogP contribution in [0.3, 0.4) is 0 Å². The molecule has 0 bridgehead atoms. The van der Waals surface area contributed by atoms with Gasteiger partial charge in [-0.25, -0.2) is 0 Å². The summed E-state index contributed by atoms with van der Waals surface area (Å²) in [5.41, 5.74) is 7.51. The molecule has 0 spiro atoms. The maximum absolute atomic E-state index is 12.5. The smallest absolute Gasteiger partial charge is 0.546 e. The van der Waals surface area contributed by atoms with Crippen LogP contribution in [-0.2, 0) is 16.1 Å². The van der Waals surface area contributed by atoms with Crippen molar-refractivity contribution in [2.45, 2.75) is 13.5 Å². The van der Waals surface area contributed by atoms with Gasteiger partial charge in [0, 0.05) is 12.2 Å². The van der Waals surface area contributed by atoms with E-state index in [0.29, 0.717) is 23.1 Å². The van der Waals surface area contributed by atoms with E-state index in [-0.39, 0.29) is 40.9 Å². The van der Waals surface area contributed by atoms with Crippen molar-refractivity contribution in [1.29, 1.82) is 0 Å². The summed E-state index contributed by atoms with van der Waals surface area (Å²) in [6, 6.07) is 14.6. The number of primary amides is 1. The van der Waals surface area contributed by atoms with E-state index in [0.717, 1.165) is 5.56 Å². The topological polar surface area (TPSA) is 114 Å². The zero-order valence-electron chi connectivity index (χ0n) is 15.6. The van der Waals surface area contributed by atoms with Gasteiger partial charge in [-0.05, 0) is 24.6 Å². The van der Waals surface area contributed by atoms with Crippen LogP contribution in [0.1, 0.15) is 21.6 Å². The summed E-state index contributed by atoms with van der Waals surface area (Å²) in [6.45, 7) is 1.49. The first-order valence-electron chi connectivity index (χ1n) is 8.22. The SMILES string of the molecule is Cc1c(C(=O)C(N)=O)c2c(OCC(=O)[O-])cccc2n1Cc1ccccc1.[Na+]. The van der Waals surface area contributed by atoms with E-state index in [2.05, 4.69) is 0 Å². The zero-order valence-corrected chi connectivity index (χ0v) is 17.6. The van der Waals surface area contributed by atoms with E-state index in [1.54, 1.807) is 19.1 Å². The Hall–Kier alpha value is -2.61. The average molecular weight is 388 g/mol. The van der Waals surface area contributed by atoms with E-state index in [1.807, 2.05) is 34.9 Å². The van der Waals surface area contributed by atoms with E-state index in [4.69, 9.17) is 10.5 Å². The fraction of sp³-hybridized carbons (Fsp3) is 0.150. The van der Waals surface area contributed by atoms with E-state index >= 15 is 0 Å². The summed E-state index contributed by atoms with van der Waals surface area (Å²) in [5.74, 6) is -3.16. The molecule has 0 aliphatic heterocycles. The van der Waals surface area contributed by atoms with Crippen molar-refractivity contribution in [3.05, 3.63) is 65.4 Å². The molecule has 0 saturated heterocycles. The third-order valence-electron chi connectivity index (χ3n) is 4.29. The largest absolute Gasteiger partial charge is 1.00 e. The Kier molecular flexibility index (Phi) is 7.01. The first-order chi connectivity index (χ1) is 12.9. The predicted molar refractivity (Wildman–Crippen MR) is 96.2 cm³/mol. The molecular formula is C20H17N2NaO5. The molecule has 0 saturated carbocycles. The number of amides is 1. The summed E-state index contributed by atoms with van der Waals surface area (Å²) in [4.78, 5) is 34.8. The van der Waals surface area contributed by atoms with Crippen LogP contribution in [0.2, 0.25) is 0 Å². The minimum absolute atomic E-state index is 0. The molecule has 1 amide bonds. The molecule has 2 N–H and O–H groups in total. The second-order valence-electron chi connectivity index (χ2n) is 6.04. The Balaban J connectivity index is 0.00000280. The number of nitrogens with two attached hydrogens (primary N) is 1. The first-order valence-corrected chi connectivity index (χ1v) is 8.22. The van der Waals surface area contributed by atoms with E-state index in [1.165, 1.54) is 6.07 Å². The van der Waals surface area contributed by atoms with Gasteiger partial charge in [-0.1, -0.05) is 36.4 Å². The quantitative estimate of drug-likeness (QED) is 0.280. The number of hydrogen-bond donors (Lipinski definition) is 1. The van der Waals surface area contributed by atoms with Crippen molar-refractivity contribution >= 4 is 28.6 Å². The molecule has 0 atom stereocenters. The molecule has 0 aliphatic rings. The van der Waals surface area contributed by atoms with Gasteiger partial charge in [0.05, 0.1) is 22.4 Å². The number of carbonyl (C=O) groups excluding carboxylic acids is 3. The summed E-state index contributed by atoms with van der Waals surface area (Å²) in [5, 5.41) is 11.1. The van der Waals surface area contributed by atoms with Gasteiger partial charge in [-0.15, -0.1) is 0 Å². The van der Waals surface area contributed by atoms with Crippen LogP contribution in [0.4, 0.5) is 0 Å². The average Bonchev–Trinajstić information content (AvgIpc) is 2.92. The molecule has 0 unspecified atom stereocenters. The monoisotopic (exact) mass is 388 g/mol. The second kappa shape index (κ2) is 9.05. The minimum Gasteiger partial charge on any atom is -0.546 e. The van der Waals surface area contributed by atoms with Gasteiger partial charge < -0.3 is 24.9 Å². The molecule has 138 valence electrons. The first kappa shape index (κ1) is 21.7. The van der Waals surface area contributed by atoms with Gasteiger partial charge in [0.25, 0.3) is 11.7 Å². The number of carboxylic acid groups (broad SMARTS) is 1. The molecule has 8 heteroatoms. The molecule has 0 fully saturated rings. The van der Waals surface area contributed by atoms with Crippen LogP contribution >= 0.6 is 0 Å². The number of hydrogen-bond acceptors (Lipinski definition) is 5. The molecule has 3 aromatic rings.